The topological polar surface area (TPSA) is 104 Å². The molecule has 2 amide bonds. The van der Waals surface area contributed by atoms with Gasteiger partial charge >= 0.3 is 6.03 Å². The van der Waals surface area contributed by atoms with Crippen molar-refractivity contribution >= 4 is 22.7 Å². The van der Waals surface area contributed by atoms with E-state index in [1.165, 1.54) is 0 Å². The van der Waals surface area contributed by atoms with E-state index in [0.29, 0.717) is 12.0 Å². The molecule has 3 atom stereocenters. The standard InChI is InChI=1S/C17H19N3O4/c1-20-9-12(11-4-2-3-5-13(11)20)14(21)10-6-7-16(23)17(24,8-10)19-15(22)18-16/h2-5,9-10,23-24H,6-8H2,1H3,(H2,18,19,22)/t10-,16+,17-/m1/s1. The van der Waals surface area contributed by atoms with Gasteiger partial charge in [-0.15, -0.1) is 0 Å². The number of benzene rings is 1. The van der Waals surface area contributed by atoms with E-state index in [1.807, 2.05) is 35.9 Å². The van der Waals surface area contributed by atoms with Crippen LogP contribution in [-0.2, 0) is 7.05 Å². The van der Waals surface area contributed by atoms with E-state index in [0.717, 1.165) is 10.9 Å². The Balaban J connectivity index is 1.67. The lowest BCUT2D eigenvalue weighted by molar-refractivity contribution is -0.181. The smallest absolute Gasteiger partial charge is 0.319 e. The van der Waals surface area contributed by atoms with E-state index in [2.05, 4.69) is 10.6 Å². The summed E-state index contributed by atoms with van der Waals surface area (Å²) < 4.78 is 1.90. The number of nitrogens with zero attached hydrogens (tertiary/aromatic N) is 1. The molecule has 2 aromatic rings. The van der Waals surface area contributed by atoms with Crippen molar-refractivity contribution in [2.45, 2.75) is 30.7 Å². The number of fused-ring (bicyclic) bond motifs is 2. The molecule has 1 saturated carbocycles. The van der Waals surface area contributed by atoms with Gasteiger partial charge in [0.25, 0.3) is 0 Å². The first-order valence-corrected chi connectivity index (χ1v) is 7.96. The minimum atomic E-state index is -1.83. The van der Waals surface area contributed by atoms with E-state index >= 15 is 0 Å². The van der Waals surface area contributed by atoms with Crippen LogP contribution in [0.15, 0.2) is 30.5 Å². The number of carbonyl (C=O) groups is 2. The van der Waals surface area contributed by atoms with Gasteiger partial charge in [-0.1, -0.05) is 18.2 Å². The zero-order valence-corrected chi connectivity index (χ0v) is 13.2. The molecule has 126 valence electrons. The van der Waals surface area contributed by atoms with Crippen LogP contribution in [0.4, 0.5) is 4.79 Å². The highest BCUT2D eigenvalue weighted by atomic mass is 16.4. The maximum Gasteiger partial charge on any atom is 0.319 e. The molecule has 2 fully saturated rings. The number of ketones is 1. The van der Waals surface area contributed by atoms with Crippen LogP contribution in [0.2, 0.25) is 0 Å². The van der Waals surface area contributed by atoms with Crippen molar-refractivity contribution in [2.24, 2.45) is 13.0 Å². The van der Waals surface area contributed by atoms with E-state index in [-0.39, 0.29) is 18.6 Å². The number of hydrogen-bond acceptors (Lipinski definition) is 4. The van der Waals surface area contributed by atoms with Gasteiger partial charge in [0.15, 0.2) is 17.2 Å². The molecule has 2 aliphatic rings. The number of carbonyl (C=O) groups excluding carboxylic acids is 2. The first-order valence-electron chi connectivity index (χ1n) is 7.96. The molecule has 0 spiro atoms. The third-order valence-corrected chi connectivity index (χ3v) is 5.25. The van der Waals surface area contributed by atoms with Gasteiger partial charge in [0.05, 0.1) is 0 Å². The minimum absolute atomic E-state index is 0.0235. The molecule has 7 heteroatoms. The van der Waals surface area contributed by atoms with Crippen molar-refractivity contribution in [1.82, 2.24) is 15.2 Å². The molecular weight excluding hydrogens is 310 g/mol. The number of urea groups is 1. The highest BCUT2D eigenvalue weighted by Crippen LogP contribution is 2.41. The number of rotatable bonds is 2. The van der Waals surface area contributed by atoms with Gasteiger partial charge in [0.1, 0.15) is 0 Å². The van der Waals surface area contributed by atoms with Crippen molar-refractivity contribution in [3.63, 3.8) is 0 Å². The Morgan fingerprint density at radius 3 is 2.75 bits per heavy atom. The Labute approximate surface area is 138 Å². The predicted octanol–water partition coefficient (Wildman–Crippen LogP) is 0.851. The van der Waals surface area contributed by atoms with E-state index < -0.39 is 23.4 Å². The molecule has 1 aromatic carbocycles. The van der Waals surface area contributed by atoms with Crippen LogP contribution < -0.4 is 10.6 Å². The highest BCUT2D eigenvalue weighted by molar-refractivity contribution is 6.09. The second-order valence-corrected chi connectivity index (χ2v) is 6.77. The summed E-state index contributed by atoms with van der Waals surface area (Å²) in [6.45, 7) is 0. The first-order chi connectivity index (χ1) is 11.3. The molecule has 0 radical (unpaired) electrons. The highest BCUT2D eigenvalue weighted by Gasteiger charge is 2.60. The second-order valence-electron chi connectivity index (χ2n) is 6.77. The number of aryl methyl sites for hydroxylation is 1. The van der Waals surface area contributed by atoms with Crippen LogP contribution in [0.5, 0.6) is 0 Å². The van der Waals surface area contributed by atoms with Gasteiger partial charge < -0.3 is 25.4 Å². The second kappa shape index (κ2) is 4.81. The molecule has 1 aliphatic carbocycles. The van der Waals surface area contributed by atoms with Crippen LogP contribution in [0.1, 0.15) is 29.6 Å². The van der Waals surface area contributed by atoms with Crippen LogP contribution in [0, 0.1) is 5.92 Å². The first kappa shape index (κ1) is 15.2. The molecule has 24 heavy (non-hydrogen) atoms. The van der Waals surface area contributed by atoms with E-state index in [1.54, 1.807) is 6.20 Å². The molecule has 1 aromatic heterocycles. The summed E-state index contributed by atoms with van der Waals surface area (Å²) in [7, 11) is 1.88. The van der Waals surface area contributed by atoms with Crippen LogP contribution in [0.3, 0.4) is 0 Å². The Hall–Kier alpha value is -2.38. The Bertz CT molecular complexity index is 861. The Kier molecular flexibility index (Phi) is 3.04. The fraction of sp³-hybridized carbons (Fsp3) is 0.412. The largest absolute Gasteiger partial charge is 0.367 e. The van der Waals surface area contributed by atoms with Crippen molar-refractivity contribution in [2.75, 3.05) is 0 Å². The fourth-order valence-electron chi connectivity index (χ4n) is 3.93. The van der Waals surface area contributed by atoms with Crippen LogP contribution >= 0.6 is 0 Å². The fourth-order valence-corrected chi connectivity index (χ4v) is 3.93. The Morgan fingerprint density at radius 2 is 1.96 bits per heavy atom. The lowest BCUT2D eigenvalue weighted by Crippen LogP contribution is -2.64. The average molecular weight is 329 g/mol. The third kappa shape index (κ3) is 1.98. The number of hydrogen-bond donors (Lipinski definition) is 4. The van der Waals surface area contributed by atoms with Crippen LogP contribution in [-0.4, -0.2) is 38.0 Å². The van der Waals surface area contributed by atoms with Crippen molar-refractivity contribution in [1.29, 1.82) is 0 Å². The van der Waals surface area contributed by atoms with Gasteiger partial charge in [-0.05, 0) is 12.5 Å². The maximum absolute atomic E-state index is 13.0. The van der Waals surface area contributed by atoms with E-state index in [9.17, 15) is 19.8 Å². The maximum atomic E-state index is 13.0. The molecule has 4 N–H and O–H groups in total. The van der Waals surface area contributed by atoms with Gasteiger partial charge in [-0.3, -0.25) is 4.79 Å². The van der Waals surface area contributed by atoms with Crippen molar-refractivity contribution in [3.8, 4) is 0 Å². The molecule has 4 rings (SSSR count). The molecule has 0 unspecified atom stereocenters. The van der Waals surface area contributed by atoms with Crippen molar-refractivity contribution < 1.29 is 19.8 Å². The monoisotopic (exact) mass is 329 g/mol. The molecule has 7 nitrogen and oxygen atoms in total. The number of Topliss-reactive ketones (excluding diaryl/α,β-unsaturated/α-hetero) is 1. The lowest BCUT2D eigenvalue weighted by Gasteiger charge is -2.42. The summed E-state index contributed by atoms with van der Waals surface area (Å²) in [4.78, 5) is 24.5. The SMILES string of the molecule is Cn1cc(C(=O)[C@@H]2CC[C@@]3(O)NC(=O)N[C@@]3(O)C2)c2ccccc21. The molecule has 2 heterocycles. The molecule has 1 aliphatic heterocycles. The van der Waals surface area contributed by atoms with Gasteiger partial charge in [0.2, 0.25) is 0 Å². The summed E-state index contributed by atoms with van der Waals surface area (Å²) in [5.41, 5.74) is -1.99. The normalized spacial score (nSPS) is 32.3. The van der Waals surface area contributed by atoms with Gasteiger partial charge in [-0.25, -0.2) is 4.79 Å². The molecule has 0 bridgehead atoms. The van der Waals surface area contributed by atoms with Gasteiger partial charge in [-0.2, -0.15) is 0 Å². The summed E-state index contributed by atoms with van der Waals surface area (Å²) in [5.74, 6) is -0.551. The number of nitrogens with one attached hydrogen (secondary N) is 2. The average Bonchev–Trinajstić information content (AvgIpc) is 2.99. The molecular formula is C17H19N3O4. The molecule has 1 saturated heterocycles. The summed E-state index contributed by atoms with van der Waals surface area (Å²) in [6, 6.07) is 7.02. The zero-order chi connectivity index (χ0) is 17.1. The van der Waals surface area contributed by atoms with Crippen molar-refractivity contribution in [3.05, 3.63) is 36.0 Å². The zero-order valence-electron chi connectivity index (χ0n) is 13.2. The summed E-state index contributed by atoms with van der Waals surface area (Å²) in [6.07, 6.45) is 2.28. The number of amides is 2. The Morgan fingerprint density at radius 1 is 1.25 bits per heavy atom. The quantitative estimate of drug-likeness (QED) is 0.613. The summed E-state index contributed by atoms with van der Waals surface area (Å²) in [5, 5.41) is 26.6. The predicted molar refractivity (Wildman–Crippen MR) is 86.2 cm³/mol. The van der Waals surface area contributed by atoms with Gasteiger partial charge in [0, 0.05) is 48.5 Å². The number of aromatic nitrogens is 1. The summed E-state index contributed by atoms with van der Waals surface area (Å²) >= 11 is 0. The number of para-hydroxylation sites is 1. The number of aliphatic hydroxyl groups is 2. The van der Waals surface area contributed by atoms with E-state index in [4.69, 9.17) is 0 Å². The van der Waals surface area contributed by atoms with Crippen LogP contribution in [0.25, 0.3) is 10.9 Å². The lowest BCUT2D eigenvalue weighted by atomic mass is 9.75. The third-order valence-electron chi connectivity index (χ3n) is 5.25. The minimum Gasteiger partial charge on any atom is -0.367 e.